The average molecular weight is 378 g/mol. The van der Waals surface area contributed by atoms with Crippen LogP contribution in [-0.4, -0.2) is 23.1 Å². The molecular formula is C16H12ClN3O2S2. The summed E-state index contributed by atoms with van der Waals surface area (Å²) in [6.45, 7) is 0. The molecule has 0 bridgehead atoms. The molecule has 2 heterocycles. The van der Waals surface area contributed by atoms with E-state index >= 15 is 0 Å². The summed E-state index contributed by atoms with van der Waals surface area (Å²) in [6, 6.07) is 10.8. The SMILES string of the molecule is COc1ccc2c(Cl)c(C(=O)NC(=S)Nc3ccccn3)sc2c1. The first kappa shape index (κ1) is 16.6. The Kier molecular flexibility index (Phi) is 4.94. The van der Waals surface area contributed by atoms with E-state index in [9.17, 15) is 4.79 Å². The smallest absolute Gasteiger partial charge is 0.269 e. The van der Waals surface area contributed by atoms with Gasteiger partial charge in [0.25, 0.3) is 5.91 Å². The third kappa shape index (κ3) is 3.48. The number of thiocarbonyl (C=S) groups is 1. The molecule has 2 N–H and O–H groups in total. The van der Waals surface area contributed by atoms with Crippen LogP contribution in [0.2, 0.25) is 5.02 Å². The average Bonchev–Trinajstić information content (AvgIpc) is 2.92. The third-order valence-corrected chi connectivity index (χ3v) is 5.04. The van der Waals surface area contributed by atoms with Crippen molar-refractivity contribution in [1.29, 1.82) is 0 Å². The van der Waals surface area contributed by atoms with Crippen LogP contribution < -0.4 is 15.4 Å². The number of nitrogens with one attached hydrogen (secondary N) is 2. The van der Waals surface area contributed by atoms with Crippen molar-refractivity contribution in [2.45, 2.75) is 0 Å². The van der Waals surface area contributed by atoms with E-state index in [-0.39, 0.29) is 11.0 Å². The Bertz CT molecular complexity index is 912. The van der Waals surface area contributed by atoms with E-state index in [1.165, 1.54) is 11.3 Å². The molecule has 0 spiro atoms. The Balaban J connectivity index is 1.78. The van der Waals surface area contributed by atoms with Gasteiger partial charge in [0.2, 0.25) is 0 Å². The Labute approximate surface area is 152 Å². The first-order valence-electron chi connectivity index (χ1n) is 6.88. The summed E-state index contributed by atoms with van der Waals surface area (Å²) in [6.07, 6.45) is 1.63. The van der Waals surface area contributed by atoms with Crippen molar-refractivity contribution in [1.82, 2.24) is 10.3 Å². The molecule has 0 saturated heterocycles. The molecule has 0 atom stereocenters. The van der Waals surface area contributed by atoms with Gasteiger partial charge in [0.1, 0.15) is 16.4 Å². The monoisotopic (exact) mass is 377 g/mol. The maximum absolute atomic E-state index is 12.4. The summed E-state index contributed by atoms with van der Waals surface area (Å²) in [5, 5.41) is 6.81. The van der Waals surface area contributed by atoms with Gasteiger partial charge in [-0.25, -0.2) is 4.98 Å². The number of hydrogen-bond acceptors (Lipinski definition) is 5. The quantitative estimate of drug-likeness (QED) is 0.673. The number of amides is 1. The number of carbonyl (C=O) groups is 1. The van der Waals surface area contributed by atoms with Gasteiger partial charge in [-0.05, 0) is 42.5 Å². The number of nitrogens with zero attached hydrogens (tertiary/aromatic N) is 1. The molecule has 24 heavy (non-hydrogen) atoms. The van der Waals surface area contributed by atoms with E-state index < -0.39 is 0 Å². The molecule has 1 aromatic carbocycles. The number of pyridine rings is 1. The zero-order valence-electron chi connectivity index (χ0n) is 12.5. The van der Waals surface area contributed by atoms with E-state index in [4.69, 9.17) is 28.6 Å². The summed E-state index contributed by atoms with van der Waals surface area (Å²) in [4.78, 5) is 16.9. The number of thiophene rings is 1. The van der Waals surface area contributed by atoms with Crippen molar-refractivity contribution in [3.05, 3.63) is 52.5 Å². The van der Waals surface area contributed by atoms with Crippen LogP contribution in [0, 0.1) is 0 Å². The van der Waals surface area contributed by atoms with Gasteiger partial charge in [0.05, 0.1) is 12.1 Å². The molecule has 1 amide bonds. The van der Waals surface area contributed by atoms with E-state index in [2.05, 4.69) is 15.6 Å². The molecule has 0 saturated carbocycles. The predicted octanol–water partition coefficient (Wildman–Crippen LogP) is 4.09. The van der Waals surface area contributed by atoms with Gasteiger partial charge in [-0.15, -0.1) is 11.3 Å². The van der Waals surface area contributed by atoms with Crippen molar-refractivity contribution in [2.75, 3.05) is 12.4 Å². The van der Waals surface area contributed by atoms with Crippen LogP contribution in [-0.2, 0) is 0 Å². The van der Waals surface area contributed by atoms with Crippen LogP contribution in [0.4, 0.5) is 5.82 Å². The molecule has 0 fully saturated rings. The first-order valence-corrected chi connectivity index (χ1v) is 8.48. The van der Waals surface area contributed by atoms with Gasteiger partial charge in [-0.2, -0.15) is 0 Å². The Hall–Kier alpha value is -2.22. The highest BCUT2D eigenvalue weighted by atomic mass is 35.5. The predicted molar refractivity (Wildman–Crippen MR) is 101 cm³/mol. The summed E-state index contributed by atoms with van der Waals surface area (Å²) in [5.74, 6) is 0.892. The van der Waals surface area contributed by atoms with Gasteiger partial charge < -0.3 is 10.1 Å². The summed E-state index contributed by atoms with van der Waals surface area (Å²) in [7, 11) is 1.59. The van der Waals surface area contributed by atoms with Crippen molar-refractivity contribution in [2.24, 2.45) is 0 Å². The zero-order valence-corrected chi connectivity index (χ0v) is 14.9. The minimum atomic E-state index is -0.367. The van der Waals surface area contributed by atoms with Gasteiger partial charge >= 0.3 is 0 Å². The van der Waals surface area contributed by atoms with E-state index in [0.717, 1.165) is 10.1 Å². The number of rotatable bonds is 3. The minimum absolute atomic E-state index is 0.157. The Morgan fingerprint density at radius 2 is 2.17 bits per heavy atom. The Morgan fingerprint density at radius 1 is 1.33 bits per heavy atom. The van der Waals surface area contributed by atoms with E-state index in [1.807, 2.05) is 18.2 Å². The summed E-state index contributed by atoms with van der Waals surface area (Å²) < 4.78 is 6.06. The second-order valence-corrected chi connectivity index (χ2v) is 6.57. The van der Waals surface area contributed by atoms with Crippen LogP contribution in [0.1, 0.15) is 9.67 Å². The molecular weight excluding hydrogens is 366 g/mol. The van der Waals surface area contributed by atoms with Crippen molar-refractivity contribution >= 4 is 62.1 Å². The largest absolute Gasteiger partial charge is 0.497 e. The summed E-state index contributed by atoms with van der Waals surface area (Å²) >= 11 is 12.7. The lowest BCUT2D eigenvalue weighted by Gasteiger charge is -2.07. The van der Waals surface area contributed by atoms with Crippen molar-refractivity contribution in [3.63, 3.8) is 0 Å². The molecule has 8 heteroatoms. The fourth-order valence-electron chi connectivity index (χ4n) is 2.06. The number of benzene rings is 1. The molecule has 0 aliphatic rings. The standard InChI is InChI=1S/C16H12ClN3O2S2/c1-22-9-5-6-10-11(8-9)24-14(13(10)17)15(21)20-16(23)19-12-4-2-3-7-18-12/h2-8H,1H3,(H2,18,19,20,21,23). The van der Waals surface area contributed by atoms with Crippen molar-refractivity contribution < 1.29 is 9.53 Å². The first-order chi connectivity index (χ1) is 11.6. The molecule has 0 radical (unpaired) electrons. The molecule has 122 valence electrons. The highest BCUT2D eigenvalue weighted by Gasteiger charge is 2.18. The van der Waals surface area contributed by atoms with Gasteiger partial charge in [-0.1, -0.05) is 17.7 Å². The molecule has 0 aliphatic carbocycles. The number of ether oxygens (including phenoxy) is 1. The molecule has 0 aliphatic heterocycles. The highest BCUT2D eigenvalue weighted by molar-refractivity contribution is 7.80. The van der Waals surface area contributed by atoms with Crippen LogP contribution in [0.3, 0.4) is 0 Å². The minimum Gasteiger partial charge on any atom is -0.497 e. The number of carbonyl (C=O) groups excluding carboxylic acids is 1. The number of halogens is 1. The maximum atomic E-state index is 12.4. The van der Waals surface area contributed by atoms with Gasteiger partial charge in [0.15, 0.2) is 5.11 Å². The lowest BCUT2D eigenvalue weighted by molar-refractivity contribution is 0.0982. The lowest BCUT2D eigenvalue weighted by Crippen LogP contribution is -2.34. The third-order valence-electron chi connectivity index (χ3n) is 3.18. The zero-order chi connectivity index (χ0) is 17.1. The molecule has 5 nitrogen and oxygen atoms in total. The molecule has 3 aromatic rings. The maximum Gasteiger partial charge on any atom is 0.269 e. The van der Waals surface area contributed by atoms with Crippen LogP contribution >= 0.6 is 35.2 Å². The fraction of sp³-hybridized carbons (Fsp3) is 0.0625. The summed E-state index contributed by atoms with van der Waals surface area (Å²) in [5.41, 5.74) is 0. The van der Waals surface area contributed by atoms with Crippen LogP contribution in [0.25, 0.3) is 10.1 Å². The van der Waals surface area contributed by atoms with Crippen LogP contribution in [0.5, 0.6) is 5.75 Å². The number of anilines is 1. The Morgan fingerprint density at radius 3 is 2.88 bits per heavy atom. The molecule has 0 unspecified atom stereocenters. The van der Waals surface area contributed by atoms with E-state index in [0.29, 0.717) is 21.5 Å². The van der Waals surface area contributed by atoms with Crippen molar-refractivity contribution in [3.8, 4) is 5.75 Å². The van der Waals surface area contributed by atoms with E-state index in [1.54, 1.807) is 31.5 Å². The van der Waals surface area contributed by atoms with Gasteiger partial charge in [0, 0.05) is 16.3 Å². The molecule has 2 aromatic heterocycles. The number of methoxy groups -OCH3 is 1. The lowest BCUT2D eigenvalue weighted by atomic mass is 10.2. The normalized spacial score (nSPS) is 10.4. The number of hydrogen-bond donors (Lipinski definition) is 2. The molecule has 3 rings (SSSR count). The number of aromatic nitrogens is 1. The second-order valence-electron chi connectivity index (χ2n) is 4.73. The van der Waals surface area contributed by atoms with Crippen LogP contribution in [0.15, 0.2) is 42.6 Å². The van der Waals surface area contributed by atoms with Gasteiger partial charge in [-0.3, -0.25) is 10.1 Å². The fourth-order valence-corrected chi connectivity index (χ4v) is 3.70. The number of fused-ring (bicyclic) bond motifs is 1. The highest BCUT2D eigenvalue weighted by Crippen LogP contribution is 2.37. The topological polar surface area (TPSA) is 63.2 Å². The second kappa shape index (κ2) is 7.12.